The third-order valence-corrected chi connectivity index (χ3v) is 6.19. The third kappa shape index (κ3) is 3.14. The van der Waals surface area contributed by atoms with Crippen LogP contribution in [0.4, 0.5) is 0 Å². The normalized spacial score (nSPS) is 14.1. The van der Waals surface area contributed by atoms with Gasteiger partial charge >= 0.3 is 0 Å². The van der Waals surface area contributed by atoms with E-state index in [-0.39, 0.29) is 9.79 Å². The summed E-state index contributed by atoms with van der Waals surface area (Å²) >= 11 is 0. The van der Waals surface area contributed by atoms with E-state index in [9.17, 15) is 13.3 Å². The second-order valence-electron chi connectivity index (χ2n) is 6.31. The average molecular weight is 320 g/mol. The van der Waals surface area contributed by atoms with Crippen LogP contribution in [0.15, 0.2) is 58.3 Å². The van der Waals surface area contributed by atoms with Gasteiger partial charge in [-0.05, 0) is 47.2 Å². The van der Waals surface area contributed by atoms with Crippen molar-refractivity contribution < 1.29 is 13.3 Å². The van der Waals surface area contributed by atoms with Gasteiger partial charge in [-0.15, -0.1) is 0 Å². The molecule has 0 aliphatic carbocycles. The summed E-state index contributed by atoms with van der Waals surface area (Å²) in [6, 6.07) is 13.2. The highest BCUT2D eigenvalue weighted by Crippen LogP contribution is 2.38. The van der Waals surface area contributed by atoms with E-state index in [1.165, 1.54) is 24.3 Å². The second-order valence-corrected chi connectivity index (χ2v) is 8.98. The summed E-state index contributed by atoms with van der Waals surface area (Å²) in [6.45, 7) is 8.19. The van der Waals surface area contributed by atoms with Crippen molar-refractivity contribution in [2.45, 2.75) is 49.3 Å². The predicted octanol–water partition coefficient (Wildman–Crippen LogP) is 5.12. The van der Waals surface area contributed by atoms with Crippen molar-refractivity contribution in [3.05, 3.63) is 59.7 Å². The molecule has 0 aliphatic rings. The molecule has 0 atom stereocenters. The average Bonchev–Trinajstić information content (AvgIpc) is 2.47. The summed E-state index contributed by atoms with van der Waals surface area (Å²) in [6.07, 6.45) is 0. The fourth-order valence-electron chi connectivity index (χ4n) is 2.33. The smallest absolute Gasteiger partial charge is 0.135 e. The van der Waals surface area contributed by atoms with Gasteiger partial charge in [-0.3, -0.25) is 0 Å². The van der Waals surface area contributed by atoms with E-state index in [1.54, 1.807) is 24.3 Å². The van der Waals surface area contributed by atoms with E-state index in [4.69, 9.17) is 0 Å². The van der Waals surface area contributed by atoms with E-state index in [0.29, 0.717) is 11.8 Å². The molecular weight excluding hydrogens is 296 g/mol. The van der Waals surface area contributed by atoms with Crippen LogP contribution in [0.2, 0.25) is 0 Å². The maximum Gasteiger partial charge on any atom is 0.135 e. The van der Waals surface area contributed by atoms with Gasteiger partial charge in [0.1, 0.15) is 9.63 Å². The summed E-state index contributed by atoms with van der Waals surface area (Å²) in [5.74, 6) is 0.651. The zero-order valence-electron chi connectivity index (χ0n) is 13.5. The first-order valence-corrected chi connectivity index (χ1v) is 9.35. The van der Waals surface area contributed by atoms with Crippen LogP contribution >= 0.6 is 0 Å². The molecule has 0 heterocycles. The van der Waals surface area contributed by atoms with Gasteiger partial charge in [0.15, 0.2) is 0 Å². The Bertz CT molecular complexity index is 650. The summed E-state index contributed by atoms with van der Waals surface area (Å²) < 4.78 is 33.8. The van der Waals surface area contributed by atoms with E-state index >= 15 is 0 Å². The van der Waals surface area contributed by atoms with Crippen LogP contribution in [0.3, 0.4) is 0 Å². The molecule has 120 valence electrons. The molecule has 0 aliphatic heterocycles. The molecule has 0 amide bonds. The molecule has 0 aromatic heterocycles. The Balaban J connectivity index is 2.47. The predicted molar refractivity (Wildman–Crippen MR) is 91.0 cm³/mol. The first kappa shape index (κ1) is 16.9. The van der Waals surface area contributed by atoms with Gasteiger partial charge < -0.3 is 9.11 Å². The standard InChI is InChI=1S/C18H24O3S/c1-13(2)15-5-9-17(10-6-15)22(19,20,21)18-11-7-16(8-12-18)14(3)4/h5-14H,1-4H3,(H2,19,20,21). The van der Waals surface area contributed by atoms with Crippen LogP contribution in [0, 0.1) is 0 Å². The Hall–Kier alpha value is -1.49. The van der Waals surface area contributed by atoms with Crippen molar-refractivity contribution in [2.24, 2.45) is 0 Å². The van der Waals surface area contributed by atoms with Gasteiger partial charge in [-0.25, -0.2) is 4.21 Å². The quantitative estimate of drug-likeness (QED) is 0.822. The van der Waals surface area contributed by atoms with Gasteiger partial charge in [-0.2, -0.15) is 0 Å². The molecular formula is C18H24O3S. The summed E-state index contributed by atoms with van der Waals surface area (Å²) in [5.41, 5.74) is 2.11. The minimum absolute atomic E-state index is 0.0266. The molecule has 22 heavy (non-hydrogen) atoms. The zero-order chi connectivity index (χ0) is 16.6. The van der Waals surface area contributed by atoms with Crippen LogP contribution in [0.5, 0.6) is 0 Å². The molecule has 3 nitrogen and oxygen atoms in total. The fourth-order valence-corrected chi connectivity index (χ4v) is 3.86. The van der Waals surface area contributed by atoms with Crippen molar-refractivity contribution in [3.63, 3.8) is 0 Å². The molecule has 0 spiro atoms. The molecule has 2 aromatic carbocycles. The van der Waals surface area contributed by atoms with Crippen molar-refractivity contribution >= 4 is 9.63 Å². The molecule has 2 aromatic rings. The number of benzene rings is 2. The van der Waals surface area contributed by atoms with Crippen molar-refractivity contribution in [1.82, 2.24) is 0 Å². The van der Waals surface area contributed by atoms with E-state index in [1.807, 2.05) is 27.7 Å². The van der Waals surface area contributed by atoms with Crippen molar-refractivity contribution in [2.75, 3.05) is 0 Å². The molecule has 0 saturated heterocycles. The largest absolute Gasteiger partial charge is 0.301 e. The van der Waals surface area contributed by atoms with Gasteiger partial charge in [0.25, 0.3) is 0 Å². The first-order valence-electron chi connectivity index (χ1n) is 7.47. The molecule has 4 heteroatoms. The summed E-state index contributed by atoms with van der Waals surface area (Å²) in [5, 5.41) is 0. The minimum Gasteiger partial charge on any atom is -0.301 e. The third-order valence-electron chi connectivity index (χ3n) is 3.94. The SMILES string of the molecule is CC(C)c1ccc(S(=O)(O)(O)c2ccc(C(C)C)cc2)cc1. The van der Waals surface area contributed by atoms with E-state index in [2.05, 4.69) is 0 Å². The molecule has 0 bridgehead atoms. The first-order chi connectivity index (χ1) is 10.1. The van der Waals surface area contributed by atoms with Crippen LogP contribution in [0.25, 0.3) is 0 Å². The second kappa shape index (κ2) is 5.61. The Labute approximate surface area is 132 Å². The Morgan fingerprint density at radius 1 is 0.682 bits per heavy atom. The Morgan fingerprint density at radius 2 is 0.955 bits per heavy atom. The molecule has 2 rings (SSSR count). The topological polar surface area (TPSA) is 57.5 Å². The number of hydrogen-bond donors (Lipinski definition) is 2. The monoisotopic (exact) mass is 320 g/mol. The maximum atomic E-state index is 12.9. The number of hydrogen-bond acceptors (Lipinski definition) is 1. The lowest BCUT2D eigenvalue weighted by molar-refractivity contribution is 0.389. The maximum absolute atomic E-state index is 12.9. The number of rotatable bonds is 4. The van der Waals surface area contributed by atoms with Crippen molar-refractivity contribution in [1.29, 1.82) is 0 Å². The summed E-state index contributed by atoms with van der Waals surface area (Å²) in [4.78, 5) is 0.0531. The van der Waals surface area contributed by atoms with Crippen LogP contribution < -0.4 is 0 Å². The fraction of sp³-hybridized carbons (Fsp3) is 0.333. The van der Waals surface area contributed by atoms with E-state index in [0.717, 1.165) is 11.1 Å². The van der Waals surface area contributed by atoms with Crippen LogP contribution in [0.1, 0.15) is 50.7 Å². The van der Waals surface area contributed by atoms with Crippen molar-refractivity contribution in [3.8, 4) is 0 Å². The molecule has 0 fully saturated rings. The van der Waals surface area contributed by atoms with Gasteiger partial charge in [0.2, 0.25) is 0 Å². The summed E-state index contributed by atoms with van der Waals surface area (Å²) in [7, 11) is -5.02. The lowest BCUT2D eigenvalue weighted by atomic mass is 10.0. The molecule has 0 unspecified atom stereocenters. The van der Waals surface area contributed by atoms with Gasteiger partial charge in [0, 0.05) is 0 Å². The molecule has 2 N–H and O–H groups in total. The molecule has 0 radical (unpaired) electrons. The Morgan fingerprint density at radius 3 is 1.18 bits per heavy atom. The Kier molecular flexibility index (Phi) is 4.30. The van der Waals surface area contributed by atoms with E-state index < -0.39 is 9.63 Å². The lowest BCUT2D eigenvalue weighted by Crippen LogP contribution is -2.31. The minimum atomic E-state index is -5.02. The molecule has 0 saturated carbocycles. The van der Waals surface area contributed by atoms with Gasteiger partial charge in [-0.1, -0.05) is 52.0 Å². The highest BCUT2D eigenvalue weighted by atomic mass is 32.3. The lowest BCUT2D eigenvalue weighted by Gasteiger charge is -2.31. The highest BCUT2D eigenvalue weighted by Gasteiger charge is 2.35. The van der Waals surface area contributed by atoms with Gasteiger partial charge in [0.05, 0.1) is 9.79 Å². The zero-order valence-corrected chi connectivity index (χ0v) is 14.3. The highest BCUT2D eigenvalue weighted by molar-refractivity contribution is 8.10. The van der Waals surface area contributed by atoms with Crippen LogP contribution in [-0.4, -0.2) is 13.3 Å². The van der Waals surface area contributed by atoms with Crippen LogP contribution in [-0.2, 0) is 9.63 Å².